The summed E-state index contributed by atoms with van der Waals surface area (Å²) in [5.41, 5.74) is 4.42. The molecule has 0 radical (unpaired) electrons. The predicted octanol–water partition coefficient (Wildman–Crippen LogP) is 2.48. The second-order valence-electron chi connectivity index (χ2n) is 5.84. The van der Waals surface area contributed by atoms with E-state index in [4.69, 9.17) is 4.42 Å². The molecule has 28 heavy (non-hydrogen) atoms. The summed E-state index contributed by atoms with van der Waals surface area (Å²) in [5.74, 6) is -0.633. The van der Waals surface area contributed by atoms with Crippen molar-refractivity contribution >= 4 is 51.3 Å². The first-order chi connectivity index (χ1) is 13.5. The lowest BCUT2D eigenvalue weighted by Gasteiger charge is -2.10. The number of rotatable bonds is 5. The van der Waals surface area contributed by atoms with Crippen LogP contribution >= 0.6 is 22.6 Å². The average molecular weight is 492 g/mol. The van der Waals surface area contributed by atoms with Gasteiger partial charge in [-0.15, -0.1) is 0 Å². The Balaban J connectivity index is 1.77. The molecule has 2 amide bonds. The first-order valence-corrected chi connectivity index (χ1v) is 9.61. The van der Waals surface area contributed by atoms with Crippen molar-refractivity contribution in [3.05, 3.63) is 68.0 Å². The lowest BCUT2D eigenvalue weighted by atomic mass is 10.1. The van der Waals surface area contributed by atoms with Gasteiger partial charge in [0.05, 0.1) is 5.39 Å². The van der Waals surface area contributed by atoms with Gasteiger partial charge in [-0.3, -0.25) is 25.2 Å². The van der Waals surface area contributed by atoms with Crippen molar-refractivity contribution in [3.63, 3.8) is 0 Å². The molecule has 0 fully saturated rings. The monoisotopic (exact) mass is 492 g/mol. The Morgan fingerprint density at radius 2 is 1.93 bits per heavy atom. The quantitative estimate of drug-likeness (QED) is 0.324. The maximum absolute atomic E-state index is 12.6. The van der Waals surface area contributed by atoms with Crippen LogP contribution in [0.25, 0.3) is 16.8 Å². The molecule has 0 aliphatic heterocycles. The van der Waals surface area contributed by atoms with E-state index in [1.54, 1.807) is 36.4 Å². The van der Waals surface area contributed by atoms with Gasteiger partial charge < -0.3 is 4.42 Å². The van der Waals surface area contributed by atoms with E-state index in [1.165, 1.54) is 16.8 Å². The summed E-state index contributed by atoms with van der Waals surface area (Å²) < 4.78 is 7.28. The summed E-state index contributed by atoms with van der Waals surface area (Å²) in [6, 6.07) is 10.2. The van der Waals surface area contributed by atoms with E-state index < -0.39 is 11.8 Å². The van der Waals surface area contributed by atoms with Crippen LogP contribution in [0.5, 0.6) is 0 Å². The minimum atomic E-state index is -0.615. The van der Waals surface area contributed by atoms with E-state index in [-0.39, 0.29) is 11.3 Å². The van der Waals surface area contributed by atoms with Crippen LogP contribution in [0.2, 0.25) is 0 Å². The average Bonchev–Trinajstić information content (AvgIpc) is 3.12. The van der Waals surface area contributed by atoms with Crippen molar-refractivity contribution in [3.8, 4) is 0 Å². The number of benzene rings is 1. The van der Waals surface area contributed by atoms with Crippen molar-refractivity contribution in [2.24, 2.45) is 0 Å². The van der Waals surface area contributed by atoms with Gasteiger partial charge >= 0.3 is 0 Å². The number of hydrogen-bond acceptors (Lipinski definition) is 5. The van der Waals surface area contributed by atoms with Crippen LogP contribution in [0.3, 0.4) is 0 Å². The van der Waals surface area contributed by atoms with Crippen molar-refractivity contribution in [2.75, 3.05) is 0 Å². The summed E-state index contributed by atoms with van der Waals surface area (Å²) >= 11 is 2.02. The number of nitrogens with one attached hydrogen (secondary N) is 2. The Kier molecular flexibility index (Phi) is 6.24. The molecule has 144 valence electrons. The molecule has 3 rings (SSSR count). The first-order valence-electron chi connectivity index (χ1n) is 8.53. The highest BCUT2D eigenvalue weighted by atomic mass is 127. The second kappa shape index (κ2) is 8.83. The lowest BCUT2D eigenvalue weighted by molar-refractivity contribution is -0.117. The molecule has 2 heterocycles. The highest BCUT2D eigenvalue weighted by molar-refractivity contribution is 14.1. The molecule has 8 nitrogen and oxygen atoms in total. The number of carbonyl (C=O) groups is 2. The number of halogens is 1. The Morgan fingerprint density at radius 3 is 2.61 bits per heavy atom. The number of carbonyl (C=O) groups excluding carboxylic acids is 2. The van der Waals surface area contributed by atoms with Gasteiger partial charge in [-0.1, -0.05) is 25.1 Å². The Labute approximate surface area is 173 Å². The van der Waals surface area contributed by atoms with E-state index in [0.717, 1.165) is 0 Å². The van der Waals surface area contributed by atoms with Gasteiger partial charge in [0, 0.05) is 18.0 Å². The van der Waals surface area contributed by atoms with E-state index in [1.807, 2.05) is 29.5 Å². The molecular formula is C19H17IN4O4. The van der Waals surface area contributed by atoms with Crippen LogP contribution in [0.1, 0.15) is 29.6 Å². The van der Waals surface area contributed by atoms with Gasteiger partial charge in [-0.25, -0.2) is 4.68 Å². The van der Waals surface area contributed by atoms with E-state index in [0.29, 0.717) is 33.3 Å². The van der Waals surface area contributed by atoms with Crippen LogP contribution < -0.4 is 16.4 Å². The number of aryl methyl sites for hydroxylation is 1. The Morgan fingerprint density at radius 1 is 1.18 bits per heavy atom. The number of amides is 2. The molecule has 0 bridgehead atoms. The smallest absolute Gasteiger partial charge is 0.290 e. The van der Waals surface area contributed by atoms with Gasteiger partial charge in [0.2, 0.25) is 0 Å². The molecule has 0 unspecified atom stereocenters. The summed E-state index contributed by atoms with van der Waals surface area (Å²) in [5, 5.41) is 4.99. The fraction of sp³-hybridized carbons (Fsp3) is 0.158. The number of furan rings is 1. The molecular weight excluding hydrogens is 475 g/mol. The van der Waals surface area contributed by atoms with Gasteiger partial charge in [0.1, 0.15) is 5.76 Å². The topological polar surface area (TPSA) is 106 Å². The Bertz CT molecular complexity index is 1120. The summed E-state index contributed by atoms with van der Waals surface area (Å²) in [4.78, 5) is 36.9. The van der Waals surface area contributed by atoms with Crippen molar-refractivity contribution in [1.82, 2.24) is 20.6 Å². The fourth-order valence-electron chi connectivity index (χ4n) is 2.56. The molecule has 3 aromatic rings. The third kappa shape index (κ3) is 4.47. The van der Waals surface area contributed by atoms with Crippen LogP contribution in [0, 0.1) is 3.77 Å². The first kappa shape index (κ1) is 19.8. The minimum absolute atomic E-state index is 0.0634. The van der Waals surface area contributed by atoms with Gasteiger partial charge in [0.15, 0.2) is 9.46 Å². The maximum atomic E-state index is 12.6. The van der Waals surface area contributed by atoms with Crippen molar-refractivity contribution < 1.29 is 14.0 Å². The number of fused-ring (bicyclic) bond motifs is 1. The predicted molar refractivity (Wildman–Crippen MR) is 112 cm³/mol. The Hall–Kier alpha value is -2.95. The zero-order chi connectivity index (χ0) is 20.1. The molecule has 9 heteroatoms. The third-order valence-electron chi connectivity index (χ3n) is 3.81. The molecule has 0 atom stereocenters. The number of hydrazine groups is 1. The molecule has 2 aromatic heterocycles. The van der Waals surface area contributed by atoms with Gasteiger partial charge in [0.25, 0.3) is 17.4 Å². The molecule has 1 aromatic carbocycles. The summed E-state index contributed by atoms with van der Waals surface area (Å²) in [6.45, 7) is 2.30. The molecule has 2 N–H and O–H groups in total. The third-order valence-corrected chi connectivity index (χ3v) is 4.39. The largest absolute Gasteiger partial charge is 0.451 e. The molecule has 0 spiro atoms. The van der Waals surface area contributed by atoms with Gasteiger partial charge in [-0.2, -0.15) is 5.10 Å². The zero-order valence-electron chi connectivity index (χ0n) is 14.9. The molecule has 0 saturated carbocycles. The van der Waals surface area contributed by atoms with Crippen LogP contribution in [0.4, 0.5) is 0 Å². The molecule has 0 saturated heterocycles. The van der Waals surface area contributed by atoms with E-state index >= 15 is 0 Å². The van der Waals surface area contributed by atoms with Crippen LogP contribution in [0.15, 0.2) is 51.7 Å². The maximum Gasteiger partial charge on any atom is 0.290 e. The van der Waals surface area contributed by atoms with E-state index in [2.05, 4.69) is 16.0 Å². The zero-order valence-corrected chi connectivity index (χ0v) is 17.1. The molecule has 0 aliphatic rings. The van der Waals surface area contributed by atoms with Crippen LogP contribution in [-0.2, 0) is 11.3 Å². The summed E-state index contributed by atoms with van der Waals surface area (Å²) in [6.07, 6.45) is 3.41. The molecule has 0 aliphatic carbocycles. The van der Waals surface area contributed by atoms with Crippen LogP contribution in [-0.4, -0.2) is 21.6 Å². The SMILES string of the molecule is CCCn1nc(C(=O)NNC(=O)/C=C/c2ccc(I)o2)c2ccccc2c1=O. The van der Waals surface area contributed by atoms with Gasteiger partial charge in [-0.05, 0) is 53.3 Å². The lowest BCUT2D eigenvalue weighted by Crippen LogP contribution is -2.42. The number of nitrogens with zero attached hydrogens (tertiary/aromatic N) is 2. The minimum Gasteiger partial charge on any atom is -0.451 e. The summed E-state index contributed by atoms with van der Waals surface area (Å²) in [7, 11) is 0. The standard InChI is InChI=1S/C19H17IN4O4/c1-2-11-24-19(27)14-6-4-3-5-13(14)17(23-24)18(26)22-21-16(25)10-8-12-7-9-15(20)28-12/h3-10H,2,11H2,1H3,(H,21,25)(H,22,26)/b10-8+. The number of hydrogen-bond donors (Lipinski definition) is 2. The fourth-order valence-corrected chi connectivity index (χ4v) is 3.00. The van der Waals surface area contributed by atoms with Crippen molar-refractivity contribution in [2.45, 2.75) is 19.9 Å². The second-order valence-corrected chi connectivity index (χ2v) is 6.90. The number of aromatic nitrogens is 2. The highest BCUT2D eigenvalue weighted by Crippen LogP contribution is 2.13. The highest BCUT2D eigenvalue weighted by Gasteiger charge is 2.16. The van der Waals surface area contributed by atoms with E-state index in [9.17, 15) is 14.4 Å². The van der Waals surface area contributed by atoms with Crippen molar-refractivity contribution in [1.29, 1.82) is 0 Å². The normalized spacial score (nSPS) is 11.1.